The molecule has 0 aromatic carbocycles. The molecule has 0 aliphatic heterocycles. The summed E-state index contributed by atoms with van der Waals surface area (Å²) in [5, 5.41) is 4.74. The van der Waals surface area contributed by atoms with E-state index in [1.165, 1.54) is 16.4 Å². The van der Waals surface area contributed by atoms with Crippen LogP contribution in [-0.4, -0.2) is 26.1 Å². The number of rotatable bonds is 1. The molecule has 5 N–H and O–H groups in total. The van der Waals surface area contributed by atoms with Crippen molar-refractivity contribution < 1.29 is 0 Å². The van der Waals surface area contributed by atoms with Gasteiger partial charge in [0.05, 0.1) is 0 Å². The summed E-state index contributed by atoms with van der Waals surface area (Å²) in [4.78, 5) is 3.91. The number of hydrogen-bond donors (Lipinski definition) is 3. The molecule has 1 aromatic rings. The highest BCUT2D eigenvalue weighted by atomic mass is 32.2. The summed E-state index contributed by atoms with van der Waals surface area (Å²) < 4.78 is 1.27. The van der Waals surface area contributed by atoms with E-state index >= 15 is 0 Å². The molecule has 0 amide bonds. The summed E-state index contributed by atoms with van der Waals surface area (Å²) in [5.41, 5.74) is 7.75. The van der Waals surface area contributed by atoms with Crippen LogP contribution in [0.4, 0.5) is 5.95 Å². The van der Waals surface area contributed by atoms with Gasteiger partial charge < -0.3 is 5.73 Å². The second-order valence-corrected chi connectivity index (χ2v) is 2.98. The minimum absolute atomic E-state index is 0.223. The second kappa shape index (κ2) is 3.70. The molecule has 1 rings (SSSR count). The largest absolute Gasteiger partial charge is 0.368 e. The van der Waals surface area contributed by atoms with Gasteiger partial charge in [0.15, 0.2) is 0 Å². The summed E-state index contributed by atoms with van der Waals surface area (Å²) >= 11 is 6.19. The lowest BCUT2D eigenvalue weighted by atomic mass is 11.0. The van der Waals surface area contributed by atoms with E-state index in [0.717, 1.165) is 0 Å². The zero-order valence-electron chi connectivity index (χ0n) is 6.31. The molecule has 0 atom stereocenters. The lowest BCUT2D eigenvalue weighted by Gasteiger charge is -2.00. The summed E-state index contributed by atoms with van der Waals surface area (Å²) in [6.45, 7) is 0. The van der Waals surface area contributed by atoms with Crippen LogP contribution in [0, 0.1) is 0 Å². The molecule has 66 valence electrons. The first-order valence-corrected chi connectivity index (χ1v) is 4.59. The highest BCUT2D eigenvalue weighted by molar-refractivity contribution is 7.98. The molecule has 0 bridgehead atoms. The van der Waals surface area contributed by atoms with Crippen LogP contribution in [0.5, 0.6) is 0 Å². The van der Waals surface area contributed by atoms with Crippen molar-refractivity contribution in [2.75, 3.05) is 12.0 Å². The Kier molecular flexibility index (Phi) is 2.84. The molecule has 0 spiro atoms. The molecular weight excluding hydrogens is 196 g/mol. The van der Waals surface area contributed by atoms with Crippen molar-refractivity contribution in [2.24, 2.45) is 5.84 Å². The van der Waals surface area contributed by atoms with Crippen molar-refractivity contribution >= 4 is 35.0 Å². The van der Waals surface area contributed by atoms with Crippen molar-refractivity contribution in [3.8, 4) is 0 Å². The SMILES string of the molecule is CSc1nc(N)n(C(=S)NN)n1. The molecule has 6 nitrogen and oxygen atoms in total. The summed E-state index contributed by atoms with van der Waals surface area (Å²) in [6.07, 6.45) is 1.85. The lowest BCUT2D eigenvalue weighted by Crippen LogP contribution is -2.35. The topological polar surface area (TPSA) is 94.8 Å². The van der Waals surface area contributed by atoms with E-state index in [0.29, 0.717) is 5.16 Å². The van der Waals surface area contributed by atoms with Crippen LogP contribution in [-0.2, 0) is 0 Å². The number of nitrogen functional groups attached to an aromatic ring is 1. The smallest absolute Gasteiger partial charge is 0.226 e. The van der Waals surface area contributed by atoms with Crippen molar-refractivity contribution in [2.45, 2.75) is 5.16 Å². The number of nitrogens with one attached hydrogen (secondary N) is 1. The fourth-order valence-corrected chi connectivity index (χ4v) is 1.08. The molecule has 12 heavy (non-hydrogen) atoms. The number of thiocarbonyl (C=S) groups is 1. The maximum Gasteiger partial charge on any atom is 0.226 e. The molecule has 0 aliphatic rings. The van der Waals surface area contributed by atoms with E-state index < -0.39 is 0 Å². The predicted molar refractivity (Wildman–Crippen MR) is 51.5 cm³/mol. The van der Waals surface area contributed by atoms with Gasteiger partial charge in [-0.25, -0.2) is 5.84 Å². The summed E-state index contributed by atoms with van der Waals surface area (Å²) in [5.74, 6) is 5.31. The summed E-state index contributed by atoms with van der Waals surface area (Å²) in [7, 11) is 0. The molecule has 8 heteroatoms. The minimum Gasteiger partial charge on any atom is -0.368 e. The van der Waals surface area contributed by atoms with Crippen LogP contribution in [0.15, 0.2) is 5.16 Å². The van der Waals surface area contributed by atoms with E-state index in [9.17, 15) is 0 Å². The van der Waals surface area contributed by atoms with Gasteiger partial charge >= 0.3 is 0 Å². The third-order valence-electron chi connectivity index (χ3n) is 1.11. The Morgan fingerprint density at radius 1 is 1.75 bits per heavy atom. The highest BCUT2D eigenvalue weighted by Gasteiger charge is 2.08. The molecule has 0 radical (unpaired) electrons. The highest BCUT2D eigenvalue weighted by Crippen LogP contribution is 2.10. The van der Waals surface area contributed by atoms with Crippen LogP contribution < -0.4 is 17.0 Å². The fourth-order valence-electron chi connectivity index (χ4n) is 0.602. The Balaban J connectivity index is 2.99. The molecule has 0 fully saturated rings. The van der Waals surface area contributed by atoms with Crippen LogP contribution in [0.2, 0.25) is 0 Å². The maximum absolute atomic E-state index is 5.49. The normalized spacial score (nSPS) is 9.83. The Hall–Kier alpha value is -0.860. The van der Waals surface area contributed by atoms with Crippen LogP contribution in [0.1, 0.15) is 0 Å². The van der Waals surface area contributed by atoms with E-state index in [1.807, 2.05) is 6.26 Å². The number of aromatic nitrogens is 3. The lowest BCUT2D eigenvalue weighted by molar-refractivity contribution is 0.844. The number of thioether (sulfide) groups is 1. The van der Waals surface area contributed by atoms with E-state index in [2.05, 4.69) is 15.5 Å². The number of hydrogen-bond acceptors (Lipinski definition) is 6. The average Bonchev–Trinajstić information content (AvgIpc) is 2.45. The molecular formula is C4H8N6S2. The molecule has 1 aromatic heterocycles. The third kappa shape index (κ3) is 1.65. The number of nitrogens with two attached hydrogens (primary N) is 2. The molecule has 1 heterocycles. The van der Waals surface area contributed by atoms with Gasteiger partial charge in [-0.3, -0.25) is 5.43 Å². The van der Waals surface area contributed by atoms with E-state index in [4.69, 9.17) is 23.8 Å². The average molecular weight is 204 g/mol. The summed E-state index contributed by atoms with van der Waals surface area (Å²) in [6, 6.07) is 0. The molecule has 0 aliphatic carbocycles. The van der Waals surface area contributed by atoms with Crippen LogP contribution in [0.3, 0.4) is 0 Å². The van der Waals surface area contributed by atoms with Gasteiger partial charge in [-0.2, -0.15) is 9.67 Å². The zero-order chi connectivity index (χ0) is 9.14. The standard InChI is InChI=1S/C4H8N6S2/c1-12-3-7-2(5)10(9-3)4(11)8-6/h6H2,1H3,(H,8,11)(H2,5,7,9). The molecule has 0 saturated carbocycles. The minimum atomic E-state index is 0.223. The van der Waals surface area contributed by atoms with Gasteiger partial charge in [0.25, 0.3) is 0 Å². The van der Waals surface area contributed by atoms with Gasteiger partial charge in [0.1, 0.15) is 0 Å². The van der Waals surface area contributed by atoms with Crippen molar-refractivity contribution in [1.82, 2.24) is 20.2 Å². The third-order valence-corrected chi connectivity index (χ3v) is 1.94. The van der Waals surface area contributed by atoms with Gasteiger partial charge in [0, 0.05) is 0 Å². The van der Waals surface area contributed by atoms with E-state index in [-0.39, 0.29) is 11.1 Å². The molecule has 0 saturated heterocycles. The zero-order valence-corrected chi connectivity index (χ0v) is 7.95. The van der Waals surface area contributed by atoms with Gasteiger partial charge in [-0.05, 0) is 18.5 Å². The first-order chi connectivity index (χ1) is 5.69. The Morgan fingerprint density at radius 2 is 2.42 bits per heavy atom. The Bertz CT molecular complexity index is 294. The van der Waals surface area contributed by atoms with Crippen LogP contribution in [0.25, 0.3) is 0 Å². The van der Waals surface area contributed by atoms with Gasteiger partial charge in [0.2, 0.25) is 16.2 Å². The first kappa shape index (κ1) is 9.23. The Morgan fingerprint density at radius 3 is 2.83 bits per heavy atom. The quantitative estimate of drug-likeness (QED) is 0.238. The van der Waals surface area contributed by atoms with Gasteiger partial charge in [-0.15, -0.1) is 5.10 Å². The Labute approximate surface area is 78.7 Å². The van der Waals surface area contributed by atoms with Gasteiger partial charge in [-0.1, -0.05) is 11.8 Å². The van der Waals surface area contributed by atoms with E-state index in [1.54, 1.807) is 0 Å². The second-order valence-electron chi connectivity index (χ2n) is 1.82. The van der Waals surface area contributed by atoms with Crippen molar-refractivity contribution in [3.63, 3.8) is 0 Å². The number of nitrogens with zero attached hydrogens (tertiary/aromatic N) is 3. The fraction of sp³-hybridized carbons (Fsp3) is 0.250. The molecule has 0 unspecified atom stereocenters. The van der Waals surface area contributed by atoms with Crippen molar-refractivity contribution in [1.29, 1.82) is 0 Å². The van der Waals surface area contributed by atoms with Crippen molar-refractivity contribution in [3.05, 3.63) is 0 Å². The monoisotopic (exact) mass is 204 g/mol. The van der Waals surface area contributed by atoms with Crippen LogP contribution >= 0.6 is 24.0 Å². The number of hydrazine groups is 1. The maximum atomic E-state index is 5.49. The number of anilines is 1. The predicted octanol–water partition coefficient (Wildman–Crippen LogP) is -0.821. The first-order valence-electron chi connectivity index (χ1n) is 2.96.